The van der Waals surface area contributed by atoms with Crippen molar-refractivity contribution in [3.63, 3.8) is 0 Å². The molecule has 0 aliphatic carbocycles. The molecule has 1 heterocycles. The lowest BCUT2D eigenvalue weighted by molar-refractivity contribution is 0.0742. The predicted molar refractivity (Wildman–Crippen MR) is 71.3 cm³/mol. The standard InChI is InChI=1S/C13H16F2N2O.ClH/c1-8-2-9(6-16)7-17(8)13(18)10-3-11(14)5-12(15)4-10;/h3-5,8-9H,2,6-7,16H2,1H3;1H. The summed E-state index contributed by atoms with van der Waals surface area (Å²) in [5.41, 5.74) is 5.64. The van der Waals surface area contributed by atoms with Crippen molar-refractivity contribution in [1.82, 2.24) is 4.90 Å². The molecule has 0 spiro atoms. The molecule has 0 bridgehead atoms. The molecule has 1 aliphatic rings. The van der Waals surface area contributed by atoms with Gasteiger partial charge < -0.3 is 10.6 Å². The van der Waals surface area contributed by atoms with Crippen LogP contribution < -0.4 is 5.73 Å². The fourth-order valence-electron chi connectivity index (χ4n) is 2.44. The van der Waals surface area contributed by atoms with E-state index in [1.54, 1.807) is 4.90 Å². The highest BCUT2D eigenvalue weighted by Crippen LogP contribution is 2.24. The van der Waals surface area contributed by atoms with E-state index in [-0.39, 0.29) is 35.8 Å². The van der Waals surface area contributed by atoms with E-state index >= 15 is 0 Å². The Balaban J connectivity index is 0.00000180. The molecular weight excluding hydrogens is 274 g/mol. The van der Waals surface area contributed by atoms with Gasteiger partial charge in [-0.1, -0.05) is 0 Å². The Kier molecular flexibility index (Phi) is 5.26. The van der Waals surface area contributed by atoms with Gasteiger partial charge in [0.2, 0.25) is 0 Å². The van der Waals surface area contributed by atoms with Crippen molar-refractivity contribution in [2.24, 2.45) is 11.7 Å². The number of nitrogens with zero attached hydrogens (tertiary/aromatic N) is 1. The highest BCUT2D eigenvalue weighted by molar-refractivity contribution is 5.94. The van der Waals surface area contributed by atoms with E-state index in [1.807, 2.05) is 6.92 Å². The first-order valence-corrected chi connectivity index (χ1v) is 5.98. The second kappa shape index (κ2) is 6.30. The zero-order valence-electron chi connectivity index (χ0n) is 10.6. The molecule has 2 atom stereocenters. The van der Waals surface area contributed by atoms with Crippen molar-refractivity contribution in [3.05, 3.63) is 35.4 Å². The number of benzene rings is 1. The third-order valence-electron chi connectivity index (χ3n) is 3.37. The molecule has 1 amide bonds. The van der Waals surface area contributed by atoms with Gasteiger partial charge in [-0.15, -0.1) is 12.4 Å². The van der Waals surface area contributed by atoms with Gasteiger partial charge >= 0.3 is 0 Å². The van der Waals surface area contributed by atoms with E-state index in [1.165, 1.54) is 0 Å². The lowest BCUT2D eigenvalue weighted by atomic mass is 10.1. The van der Waals surface area contributed by atoms with Crippen LogP contribution in [0.4, 0.5) is 8.78 Å². The Morgan fingerprint density at radius 3 is 2.42 bits per heavy atom. The number of rotatable bonds is 2. The quantitative estimate of drug-likeness (QED) is 0.907. The molecule has 0 saturated carbocycles. The molecule has 6 heteroatoms. The second-order valence-electron chi connectivity index (χ2n) is 4.80. The van der Waals surface area contributed by atoms with Gasteiger partial charge in [-0.2, -0.15) is 0 Å². The number of carbonyl (C=O) groups is 1. The Bertz CT molecular complexity index is 450. The number of carbonyl (C=O) groups excluding carboxylic acids is 1. The summed E-state index contributed by atoms with van der Waals surface area (Å²) < 4.78 is 26.2. The average Bonchev–Trinajstić information content (AvgIpc) is 2.68. The average molecular weight is 291 g/mol. The van der Waals surface area contributed by atoms with Gasteiger partial charge in [-0.3, -0.25) is 4.79 Å². The van der Waals surface area contributed by atoms with Crippen molar-refractivity contribution in [1.29, 1.82) is 0 Å². The maximum absolute atomic E-state index is 13.1. The topological polar surface area (TPSA) is 46.3 Å². The minimum atomic E-state index is -0.736. The monoisotopic (exact) mass is 290 g/mol. The van der Waals surface area contributed by atoms with Crippen LogP contribution >= 0.6 is 12.4 Å². The van der Waals surface area contributed by atoms with Crippen LogP contribution in [0.15, 0.2) is 18.2 Å². The number of halogens is 3. The molecule has 106 valence electrons. The summed E-state index contributed by atoms with van der Waals surface area (Å²) in [5.74, 6) is -1.54. The SMILES string of the molecule is CC1CC(CN)CN1C(=O)c1cc(F)cc(F)c1.Cl. The van der Waals surface area contributed by atoms with Crippen LogP contribution in [0, 0.1) is 17.6 Å². The first-order valence-electron chi connectivity index (χ1n) is 5.98. The van der Waals surface area contributed by atoms with E-state index < -0.39 is 11.6 Å². The van der Waals surface area contributed by atoms with Crippen LogP contribution in [0.3, 0.4) is 0 Å². The first-order chi connectivity index (χ1) is 8.51. The molecule has 1 fully saturated rings. The molecule has 0 aromatic heterocycles. The van der Waals surface area contributed by atoms with Crippen LogP contribution in [0.25, 0.3) is 0 Å². The van der Waals surface area contributed by atoms with Crippen molar-refractivity contribution in [2.75, 3.05) is 13.1 Å². The van der Waals surface area contributed by atoms with E-state index in [9.17, 15) is 13.6 Å². The van der Waals surface area contributed by atoms with Gasteiger partial charge in [0.05, 0.1) is 0 Å². The molecule has 3 nitrogen and oxygen atoms in total. The van der Waals surface area contributed by atoms with Crippen LogP contribution in [0.5, 0.6) is 0 Å². The molecular formula is C13H17ClF2N2O. The van der Waals surface area contributed by atoms with Crippen LogP contribution in [0.2, 0.25) is 0 Å². The van der Waals surface area contributed by atoms with Crippen LogP contribution in [0.1, 0.15) is 23.7 Å². The normalized spacial score (nSPS) is 22.2. The minimum absolute atomic E-state index is 0. The summed E-state index contributed by atoms with van der Waals surface area (Å²) in [6.07, 6.45) is 0.833. The summed E-state index contributed by atoms with van der Waals surface area (Å²) in [6.45, 7) is 2.99. The van der Waals surface area contributed by atoms with Gasteiger partial charge in [0, 0.05) is 24.2 Å². The smallest absolute Gasteiger partial charge is 0.254 e. The molecule has 1 aromatic rings. The number of hydrogen-bond donors (Lipinski definition) is 1. The third kappa shape index (κ3) is 3.42. The maximum Gasteiger partial charge on any atom is 0.254 e. The number of hydrogen-bond acceptors (Lipinski definition) is 2. The number of likely N-dealkylation sites (tertiary alicyclic amines) is 1. The van der Waals surface area contributed by atoms with Gasteiger partial charge in [0.1, 0.15) is 11.6 Å². The summed E-state index contributed by atoms with van der Waals surface area (Å²) in [7, 11) is 0. The van der Waals surface area contributed by atoms with Crippen LogP contribution in [-0.4, -0.2) is 29.9 Å². The molecule has 2 unspecified atom stereocenters. The Hall–Kier alpha value is -1.20. The number of amides is 1. The Morgan fingerprint density at radius 2 is 1.95 bits per heavy atom. The Morgan fingerprint density at radius 1 is 1.37 bits per heavy atom. The summed E-state index contributed by atoms with van der Waals surface area (Å²) in [4.78, 5) is 13.8. The van der Waals surface area contributed by atoms with Crippen molar-refractivity contribution < 1.29 is 13.6 Å². The maximum atomic E-state index is 13.1. The van der Waals surface area contributed by atoms with Crippen molar-refractivity contribution >= 4 is 18.3 Å². The van der Waals surface area contributed by atoms with Gasteiger partial charge in [-0.05, 0) is 37.9 Å². The van der Waals surface area contributed by atoms with Gasteiger partial charge in [0.25, 0.3) is 5.91 Å². The largest absolute Gasteiger partial charge is 0.336 e. The molecule has 2 N–H and O–H groups in total. The van der Waals surface area contributed by atoms with E-state index in [2.05, 4.69) is 0 Å². The zero-order chi connectivity index (χ0) is 13.3. The zero-order valence-corrected chi connectivity index (χ0v) is 11.4. The highest BCUT2D eigenvalue weighted by Gasteiger charge is 2.32. The van der Waals surface area contributed by atoms with Gasteiger partial charge in [0.15, 0.2) is 0 Å². The lowest BCUT2D eigenvalue weighted by Crippen LogP contribution is -2.34. The van der Waals surface area contributed by atoms with Crippen molar-refractivity contribution in [2.45, 2.75) is 19.4 Å². The Labute approximate surface area is 117 Å². The van der Waals surface area contributed by atoms with Gasteiger partial charge in [-0.25, -0.2) is 8.78 Å². The van der Waals surface area contributed by atoms with E-state index in [0.29, 0.717) is 13.1 Å². The summed E-state index contributed by atoms with van der Waals surface area (Å²) >= 11 is 0. The molecule has 19 heavy (non-hydrogen) atoms. The molecule has 1 saturated heterocycles. The van der Waals surface area contributed by atoms with E-state index in [0.717, 1.165) is 24.6 Å². The first kappa shape index (κ1) is 15.9. The second-order valence-corrected chi connectivity index (χ2v) is 4.80. The lowest BCUT2D eigenvalue weighted by Gasteiger charge is -2.21. The highest BCUT2D eigenvalue weighted by atomic mass is 35.5. The molecule has 1 aliphatic heterocycles. The van der Waals surface area contributed by atoms with E-state index in [4.69, 9.17) is 5.73 Å². The molecule has 1 aromatic carbocycles. The fraction of sp³-hybridized carbons (Fsp3) is 0.462. The summed E-state index contributed by atoms with van der Waals surface area (Å²) in [6, 6.07) is 2.94. The fourth-order valence-corrected chi connectivity index (χ4v) is 2.44. The number of nitrogens with two attached hydrogens (primary N) is 1. The predicted octanol–water partition coefficient (Wildman–Crippen LogP) is 2.20. The minimum Gasteiger partial charge on any atom is -0.336 e. The molecule has 0 radical (unpaired) electrons. The third-order valence-corrected chi connectivity index (χ3v) is 3.37. The van der Waals surface area contributed by atoms with Crippen LogP contribution in [-0.2, 0) is 0 Å². The summed E-state index contributed by atoms with van der Waals surface area (Å²) in [5, 5.41) is 0. The van der Waals surface area contributed by atoms with Crippen molar-refractivity contribution in [3.8, 4) is 0 Å². The molecule has 2 rings (SSSR count).